The van der Waals surface area contributed by atoms with Gasteiger partial charge in [-0.25, -0.2) is 0 Å². The van der Waals surface area contributed by atoms with E-state index < -0.39 is 5.60 Å². The Labute approximate surface area is 160 Å². The molecule has 2 heteroatoms. The summed E-state index contributed by atoms with van der Waals surface area (Å²) >= 11 is 0. The molecule has 148 valence electrons. The van der Waals surface area contributed by atoms with Gasteiger partial charge in [-0.15, -0.1) is 6.58 Å². The Balaban J connectivity index is 1.59. The van der Waals surface area contributed by atoms with Gasteiger partial charge in [0.05, 0.1) is 11.7 Å². The van der Waals surface area contributed by atoms with Crippen LogP contribution in [0.25, 0.3) is 0 Å². The molecule has 0 saturated heterocycles. The lowest BCUT2D eigenvalue weighted by atomic mass is 9.44. The molecule has 0 radical (unpaired) electrons. The Kier molecular flexibility index (Phi) is 4.63. The first-order valence-electron chi connectivity index (χ1n) is 11.2. The molecule has 0 aromatic heterocycles. The van der Waals surface area contributed by atoms with Gasteiger partial charge < -0.3 is 10.2 Å². The van der Waals surface area contributed by atoms with E-state index in [-0.39, 0.29) is 6.10 Å². The largest absolute Gasteiger partial charge is 0.393 e. The first-order chi connectivity index (χ1) is 12.2. The van der Waals surface area contributed by atoms with Crippen molar-refractivity contribution < 1.29 is 10.2 Å². The van der Waals surface area contributed by atoms with Crippen LogP contribution in [0.5, 0.6) is 0 Å². The van der Waals surface area contributed by atoms with E-state index in [2.05, 4.69) is 27.4 Å². The predicted octanol–water partition coefficient (Wildman–Crippen LogP) is 5.33. The molecule has 0 amide bonds. The van der Waals surface area contributed by atoms with Gasteiger partial charge in [0.25, 0.3) is 0 Å². The molecule has 4 fully saturated rings. The summed E-state index contributed by atoms with van der Waals surface area (Å²) in [5.41, 5.74) is 0.143. The van der Waals surface area contributed by atoms with Crippen LogP contribution in [0.4, 0.5) is 0 Å². The Morgan fingerprint density at radius 1 is 1.00 bits per heavy atom. The minimum atomic E-state index is -0.603. The van der Waals surface area contributed by atoms with Crippen molar-refractivity contribution >= 4 is 0 Å². The van der Waals surface area contributed by atoms with Crippen LogP contribution in [0, 0.1) is 40.4 Å². The molecule has 4 aliphatic rings. The van der Waals surface area contributed by atoms with Crippen LogP contribution in [-0.4, -0.2) is 21.9 Å². The Morgan fingerprint density at radius 2 is 1.69 bits per heavy atom. The maximum Gasteiger partial charge on any atom is 0.0687 e. The highest BCUT2D eigenvalue weighted by atomic mass is 16.3. The van der Waals surface area contributed by atoms with Gasteiger partial charge in [-0.3, -0.25) is 0 Å². The molecule has 2 nitrogen and oxygen atoms in total. The number of hydrogen-bond acceptors (Lipinski definition) is 2. The van der Waals surface area contributed by atoms with Crippen molar-refractivity contribution in [3.63, 3.8) is 0 Å². The maximum atomic E-state index is 11.2. The Hall–Kier alpha value is -0.340. The van der Waals surface area contributed by atoms with Crippen LogP contribution in [0.3, 0.4) is 0 Å². The number of aliphatic hydroxyl groups excluding tert-OH is 1. The molecule has 1 unspecified atom stereocenters. The van der Waals surface area contributed by atoms with E-state index in [0.717, 1.165) is 36.5 Å². The van der Waals surface area contributed by atoms with Crippen LogP contribution in [0.1, 0.15) is 85.0 Å². The Morgan fingerprint density at radius 3 is 2.42 bits per heavy atom. The lowest BCUT2D eigenvalue weighted by Gasteiger charge is -2.61. The minimum absolute atomic E-state index is 0.0525. The summed E-state index contributed by atoms with van der Waals surface area (Å²) < 4.78 is 0. The summed E-state index contributed by atoms with van der Waals surface area (Å²) in [4.78, 5) is 0. The van der Waals surface area contributed by atoms with Gasteiger partial charge in [0.2, 0.25) is 0 Å². The summed E-state index contributed by atoms with van der Waals surface area (Å²) in [5, 5.41) is 21.4. The first kappa shape index (κ1) is 19.0. The first-order valence-corrected chi connectivity index (χ1v) is 11.2. The molecule has 0 aliphatic heterocycles. The molecular formula is C24H40O2. The van der Waals surface area contributed by atoms with Crippen LogP contribution < -0.4 is 0 Å². The minimum Gasteiger partial charge on any atom is -0.393 e. The topological polar surface area (TPSA) is 40.5 Å². The van der Waals surface area contributed by atoms with E-state index in [1.807, 2.05) is 6.08 Å². The number of aliphatic hydroxyl groups is 2. The van der Waals surface area contributed by atoms with E-state index in [4.69, 9.17) is 0 Å². The summed E-state index contributed by atoms with van der Waals surface area (Å²) in [5.74, 6) is 3.62. The summed E-state index contributed by atoms with van der Waals surface area (Å²) in [7, 11) is 0. The Bertz CT molecular complexity index is 554. The zero-order valence-corrected chi connectivity index (χ0v) is 17.2. The predicted molar refractivity (Wildman–Crippen MR) is 107 cm³/mol. The second-order valence-electron chi connectivity index (χ2n) is 11.1. The van der Waals surface area contributed by atoms with Crippen molar-refractivity contribution in [2.24, 2.45) is 40.4 Å². The molecule has 0 bridgehead atoms. The highest BCUT2D eigenvalue weighted by Crippen LogP contribution is 2.68. The average Bonchev–Trinajstić information content (AvgIpc) is 2.93. The molecule has 0 aromatic carbocycles. The highest BCUT2D eigenvalue weighted by molar-refractivity contribution is 5.12. The zero-order chi connectivity index (χ0) is 18.7. The molecule has 4 aliphatic carbocycles. The fourth-order valence-electron chi connectivity index (χ4n) is 8.69. The fraction of sp³-hybridized carbons (Fsp3) is 0.917. The summed E-state index contributed by atoms with van der Waals surface area (Å²) in [6, 6.07) is 0. The quantitative estimate of drug-likeness (QED) is 0.668. The average molecular weight is 361 g/mol. The lowest BCUT2D eigenvalue weighted by molar-refractivity contribution is -0.143. The second kappa shape index (κ2) is 6.34. The molecular weight excluding hydrogens is 320 g/mol. The molecule has 0 aromatic rings. The smallest absolute Gasteiger partial charge is 0.0687 e. The summed E-state index contributed by atoms with van der Waals surface area (Å²) in [6.07, 6.45) is 13.6. The third-order valence-corrected chi connectivity index (χ3v) is 9.95. The molecule has 9 atom stereocenters. The van der Waals surface area contributed by atoms with Gasteiger partial charge in [0.15, 0.2) is 0 Å². The monoisotopic (exact) mass is 360 g/mol. The van der Waals surface area contributed by atoms with Crippen LogP contribution >= 0.6 is 0 Å². The highest BCUT2D eigenvalue weighted by Gasteiger charge is 2.62. The van der Waals surface area contributed by atoms with E-state index in [1.54, 1.807) is 0 Å². The fourth-order valence-corrected chi connectivity index (χ4v) is 8.69. The molecule has 0 spiro atoms. The lowest BCUT2D eigenvalue weighted by Crippen LogP contribution is -2.55. The zero-order valence-electron chi connectivity index (χ0n) is 17.2. The SMILES string of the molecule is C=CCC(C)(O)[C@H]1CC[C@H]2[C@@H]3CC[C@H]4C[C@H](O)CC[C@]4(C)[C@H]3CC[C@]12C. The number of fused-ring (bicyclic) bond motifs is 5. The van der Waals surface area contributed by atoms with Crippen molar-refractivity contribution in [3.8, 4) is 0 Å². The van der Waals surface area contributed by atoms with Gasteiger partial charge in [0, 0.05) is 0 Å². The normalized spacial score (nSPS) is 53.1. The third kappa shape index (κ3) is 2.65. The van der Waals surface area contributed by atoms with E-state index >= 15 is 0 Å². The molecule has 4 saturated carbocycles. The van der Waals surface area contributed by atoms with E-state index in [9.17, 15) is 10.2 Å². The van der Waals surface area contributed by atoms with Crippen molar-refractivity contribution in [1.29, 1.82) is 0 Å². The molecule has 2 N–H and O–H groups in total. The van der Waals surface area contributed by atoms with Crippen LogP contribution in [0.2, 0.25) is 0 Å². The maximum absolute atomic E-state index is 11.2. The summed E-state index contributed by atoms with van der Waals surface area (Å²) in [6.45, 7) is 11.0. The van der Waals surface area contributed by atoms with E-state index in [0.29, 0.717) is 23.2 Å². The molecule has 4 rings (SSSR count). The number of rotatable bonds is 3. The standard InChI is InChI=1S/C24H40O2/c1-5-12-24(4,26)21-9-8-19-18-7-6-16-15-17(25)10-13-22(16,2)20(18)11-14-23(19,21)3/h5,16-21,25-26H,1,6-15H2,2-4H3/t16-,17+,18-,19-,20-,21-,22-,23-,24?/m0/s1. The van der Waals surface area contributed by atoms with E-state index in [1.165, 1.54) is 44.9 Å². The van der Waals surface area contributed by atoms with Gasteiger partial charge in [-0.2, -0.15) is 0 Å². The molecule has 26 heavy (non-hydrogen) atoms. The van der Waals surface area contributed by atoms with Crippen molar-refractivity contribution in [2.75, 3.05) is 0 Å². The van der Waals surface area contributed by atoms with Crippen molar-refractivity contribution in [1.82, 2.24) is 0 Å². The van der Waals surface area contributed by atoms with Crippen molar-refractivity contribution in [2.45, 2.75) is 96.7 Å². The van der Waals surface area contributed by atoms with Crippen molar-refractivity contribution in [3.05, 3.63) is 12.7 Å². The van der Waals surface area contributed by atoms with Crippen LogP contribution in [-0.2, 0) is 0 Å². The van der Waals surface area contributed by atoms with Gasteiger partial charge in [-0.05, 0) is 112 Å². The van der Waals surface area contributed by atoms with Gasteiger partial charge in [-0.1, -0.05) is 19.9 Å². The number of hydrogen-bond donors (Lipinski definition) is 2. The van der Waals surface area contributed by atoms with Gasteiger partial charge >= 0.3 is 0 Å². The molecule has 0 heterocycles. The van der Waals surface area contributed by atoms with Gasteiger partial charge in [0.1, 0.15) is 0 Å². The second-order valence-corrected chi connectivity index (χ2v) is 11.1. The third-order valence-electron chi connectivity index (χ3n) is 9.95. The van der Waals surface area contributed by atoms with Crippen LogP contribution in [0.15, 0.2) is 12.7 Å².